The molecule has 0 aliphatic carbocycles. The SMILES string of the molecule is O=C(/C=C/c1ccccc1[N+](=O)[O-])NCc1ccc(NC(=O)c2ccco2)cc1. The molecular formula is C21H17N3O5. The zero-order valence-corrected chi connectivity index (χ0v) is 15.2. The van der Waals surface area contributed by atoms with Crippen molar-refractivity contribution in [2.24, 2.45) is 0 Å². The molecule has 3 aromatic rings. The first-order valence-electron chi connectivity index (χ1n) is 8.66. The van der Waals surface area contributed by atoms with Gasteiger partial charge in [0.2, 0.25) is 5.91 Å². The van der Waals surface area contributed by atoms with Crippen molar-refractivity contribution < 1.29 is 18.9 Å². The first-order valence-corrected chi connectivity index (χ1v) is 8.66. The number of amides is 2. The van der Waals surface area contributed by atoms with E-state index < -0.39 is 4.92 Å². The van der Waals surface area contributed by atoms with Crippen LogP contribution in [0.25, 0.3) is 6.08 Å². The van der Waals surface area contributed by atoms with Crippen molar-refractivity contribution in [1.82, 2.24) is 5.32 Å². The number of nitrogens with one attached hydrogen (secondary N) is 2. The van der Waals surface area contributed by atoms with Gasteiger partial charge in [0.15, 0.2) is 5.76 Å². The van der Waals surface area contributed by atoms with E-state index >= 15 is 0 Å². The standard InChI is InChI=1S/C21H17N3O5/c25-20(12-9-16-4-1-2-5-18(16)24(27)28)22-14-15-7-10-17(11-8-15)23-21(26)19-6-3-13-29-19/h1-13H,14H2,(H,22,25)(H,23,26)/b12-9+. The Kier molecular flexibility index (Phi) is 6.16. The van der Waals surface area contributed by atoms with E-state index in [9.17, 15) is 19.7 Å². The van der Waals surface area contributed by atoms with E-state index in [4.69, 9.17) is 4.42 Å². The van der Waals surface area contributed by atoms with Gasteiger partial charge >= 0.3 is 0 Å². The second kappa shape index (κ2) is 9.14. The van der Waals surface area contributed by atoms with Gasteiger partial charge in [-0.1, -0.05) is 24.3 Å². The zero-order chi connectivity index (χ0) is 20.6. The van der Waals surface area contributed by atoms with E-state index in [2.05, 4.69) is 10.6 Å². The van der Waals surface area contributed by atoms with Crippen LogP contribution in [-0.2, 0) is 11.3 Å². The summed E-state index contributed by atoms with van der Waals surface area (Å²) in [4.78, 5) is 34.4. The third kappa shape index (κ3) is 5.39. The van der Waals surface area contributed by atoms with E-state index in [1.807, 2.05) is 0 Å². The van der Waals surface area contributed by atoms with Crippen LogP contribution < -0.4 is 10.6 Å². The number of nitrogens with zero attached hydrogens (tertiary/aromatic N) is 1. The van der Waals surface area contributed by atoms with Gasteiger partial charge < -0.3 is 15.1 Å². The van der Waals surface area contributed by atoms with Gasteiger partial charge in [0.1, 0.15) is 0 Å². The van der Waals surface area contributed by atoms with Crippen molar-refractivity contribution in [2.75, 3.05) is 5.32 Å². The fourth-order valence-corrected chi connectivity index (χ4v) is 2.51. The van der Waals surface area contributed by atoms with Gasteiger partial charge in [-0.3, -0.25) is 19.7 Å². The summed E-state index contributed by atoms with van der Waals surface area (Å²) < 4.78 is 5.03. The summed E-state index contributed by atoms with van der Waals surface area (Å²) in [6.45, 7) is 0.270. The Bertz CT molecular complexity index is 1040. The maximum atomic E-state index is 12.0. The highest BCUT2D eigenvalue weighted by molar-refractivity contribution is 6.02. The van der Waals surface area contributed by atoms with Crippen LogP contribution in [0.15, 0.2) is 77.4 Å². The lowest BCUT2D eigenvalue weighted by Crippen LogP contribution is -2.20. The Morgan fingerprint density at radius 2 is 1.79 bits per heavy atom. The molecule has 0 saturated heterocycles. The smallest absolute Gasteiger partial charge is 0.291 e. The molecule has 2 aromatic carbocycles. The van der Waals surface area contributed by atoms with E-state index in [1.54, 1.807) is 54.6 Å². The van der Waals surface area contributed by atoms with Crippen LogP contribution in [0.4, 0.5) is 11.4 Å². The quantitative estimate of drug-likeness (QED) is 0.361. The van der Waals surface area contributed by atoms with E-state index in [-0.39, 0.29) is 29.8 Å². The molecule has 0 aliphatic heterocycles. The minimum atomic E-state index is -0.496. The maximum absolute atomic E-state index is 12.0. The third-order valence-electron chi connectivity index (χ3n) is 3.97. The molecule has 0 bridgehead atoms. The minimum absolute atomic E-state index is 0.0660. The predicted octanol–water partition coefficient (Wildman–Crippen LogP) is 3.77. The monoisotopic (exact) mass is 391 g/mol. The van der Waals surface area contributed by atoms with E-state index in [0.717, 1.165) is 5.56 Å². The van der Waals surface area contributed by atoms with Crippen LogP contribution in [0, 0.1) is 10.1 Å². The molecule has 0 atom stereocenters. The van der Waals surface area contributed by atoms with Gasteiger partial charge in [0.05, 0.1) is 16.7 Å². The van der Waals surface area contributed by atoms with Crippen LogP contribution in [0.1, 0.15) is 21.7 Å². The highest BCUT2D eigenvalue weighted by atomic mass is 16.6. The predicted molar refractivity (Wildman–Crippen MR) is 107 cm³/mol. The molecule has 0 unspecified atom stereocenters. The number of anilines is 1. The number of hydrogen-bond donors (Lipinski definition) is 2. The fraction of sp³-hybridized carbons (Fsp3) is 0.0476. The summed E-state index contributed by atoms with van der Waals surface area (Å²) >= 11 is 0. The van der Waals surface area contributed by atoms with Crippen molar-refractivity contribution in [3.63, 3.8) is 0 Å². The molecule has 0 fully saturated rings. The van der Waals surface area contributed by atoms with Crippen molar-refractivity contribution in [2.45, 2.75) is 6.54 Å². The molecule has 3 rings (SSSR count). The summed E-state index contributed by atoms with van der Waals surface area (Å²) in [5.41, 5.74) is 1.71. The Labute approximate surface area is 166 Å². The van der Waals surface area contributed by atoms with Gasteiger partial charge in [-0.2, -0.15) is 0 Å². The number of hydrogen-bond acceptors (Lipinski definition) is 5. The molecule has 146 valence electrons. The molecule has 0 saturated carbocycles. The normalized spacial score (nSPS) is 10.6. The average Bonchev–Trinajstić information content (AvgIpc) is 3.27. The summed E-state index contributed by atoms with van der Waals surface area (Å²) in [5, 5.41) is 16.4. The molecule has 29 heavy (non-hydrogen) atoms. The molecule has 1 aromatic heterocycles. The van der Waals surface area contributed by atoms with Gasteiger partial charge in [-0.05, 0) is 42.0 Å². The number of nitro benzene ring substituents is 1. The van der Waals surface area contributed by atoms with Crippen LogP contribution in [0.5, 0.6) is 0 Å². The van der Waals surface area contributed by atoms with Crippen molar-refractivity contribution in [3.8, 4) is 0 Å². The second-order valence-corrected chi connectivity index (χ2v) is 6.00. The highest BCUT2D eigenvalue weighted by Crippen LogP contribution is 2.18. The molecule has 1 heterocycles. The van der Waals surface area contributed by atoms with Crippen LogP contribution in [0.3, 0.4) is 0 Å². The number of carbonyl (C=O) groups excluding carboxylic acids is 2. The lowest BCUT2D eigenvalue weighted by molar-refractivity contribution is -0.385. The van der Waals surface area contributed by atoms with E-state index in [1.165, 1.54) is 24.5 Å². The molecule has 8 nitrogen and oxygen atoms in total. The van der Waals surface area contributed by atoms with Gasteiger partial charge in [0.25, 0.3) is 11.6 Å². The average molecular weight is 391 g/mol. The van der Waals surface area contributed by atoms with Crippen LogP contribution in [-0.4, -0.2) is 16.7 Å². The second-order valence-electron chi connectivity index (χ2n) is 6.00. The van der Waals surface area contributed by atoms with Crippen LogP contribution in [0.2, 0.25) is 0 Å². The number of rotatable bonds is 7. The van der Waals surface area contributed by atoms with Crippen molar-refractivity contribution in [1.29, 1.82) is 0 Å². The molecule has 0 spiro atoms. The largest absolute Gasteiger partial charge is 0.459 e. The zero-order valence-electron chi connectivity index (χ0n) is 15.2. The number of nitro groups is 1. The summed E-state index contributed by atoms with van der Waals surface area (Å²) in [6.07, 6.45) is 4.08. The summed E-state index contributed by atoms with van der Waals surface area (Å²) in [7, 11) is 0. The molecule has 2 N–H and O–H groups in total. The Morgan fingerprint density at radius 1 is 1.03 bits per heavy atom. The lowest BCUT2D eigenvalue weighted by atomic mass is 10.1. The van der Waals surface area contributed by atoms with Crippen LogP contribution >= 0.6 is 0 Å². The van der Waals surface area contributed by atoms with Crippen molar-refractivity contribution in [3.05, 3.63) is 100 Å². The third-order valence-corrected chi connectivity index (χ3v) is 3.97. The minimum Gasteiger partial charge on any atom is -0.459 e. The number of para-hydroxylation sites is 1. The van der Waals surface area contributed by atoms with Gasteiger partial charge in [-0.25, -0.2) is 0 Å². The molecule has 8 heteroatoms. The molecule has 2 amide bonds. The number of benzene rings is 2. The van der Waals surface area contributed by atoms with Gasteiger partial charge in [0, 0.05) is 24.4 Å². The molecular weight excluding hydrogens is 374 g/mol. The van der Waals surface area contributed by atoms with Crippen molar-refractivity contribution >= 4 is 29.3 Å². The summed E-state index contributed by atoms with van der Waals surface area (Å²) in [6, 6.07) is 16.3. The first kappa shape index (κ1) is 19.6. The topological polar surface area (TPSA) is 114 Å². The summed E-state index contributed by atoms with van der Waals surface area (Å²) in [5.74, 6) is -0.513. The Balaban J connectivity index is 1.53. The lowest BCUT2D eigenvalue weighted by Gasteiger charge is -2.06. The molecule has 0 aliphatic rings. The van der Waals surface area contributed by atoms with Gasteiger partial charge in [-0.15, -0.1) is 0 Å². The maximum Gasteiger partial charge on any atom is 0.291 e. The number of carbonyl (C=O) groups is 2. The molecule has 0 radical (unpaired) electrons. The Hall–Kier alpha value is -4.20. The fourth-order valence-electron chi connectivity index (χ4n) is 2.51. The highest BCUT2D eigenvalue weighted by Gasteiger charge is 2.10. The Morgan fingerprint density at radius 3 is 2.48 bits per heavy atom. The van der Waals surface area contributed by atoms with E-state index in [0.29, 0.717) is 11.3 Å². The number of furan rings is 1. The first-order chi connectivity index (χ1) is 14.0.